The summed E-state index contributed by atoms with van der Waals surface area (Å²) < 4.78 is 0. The van der Waals surface area contributed by atoms with Crippen LogP contribution in [0, 0.1) is 0 Å². The Morgan fingerprint density at radius 3 is 1.38 bits per heavy atom. The first-order chi connectivity index (χ1) is 27.3. The fourth-order valence-corrected chi connectivity index (χ4v) is 8.33. The Balaban J connectivity index is 1.21. The molecule has 10 aromatic rings. The standard InChI is InChI=1S/C54H37N/c1-2-17-38(18-3-1)43-22-8-9-23-44(43)40-33-35-42(36-34-40)55(53-31-14-12-28-50(53)48-30-16-21-39-19-4-6-24-45(39)48)54-32-15-13-29-51(54)52-37-41-20-5-7-25-46(41)47-26-10-11-27-49(47)52/h1-37H. The summed E-state index contributed by atoms with van der Waals surface area (Å²) in [4.78, 5) is 2.46. The van der Waals surface area contributed by atoms with Gasteiger partial charge in [-0.1, -0.05) is 194 Å². The van der Waals surface area contributed by atoms with E-state index >= 15 is 0 Å². The predicted octanol–water partition coefficient (Wildman–Crippen LogP) is 15.3. The molecule has 0 heterocycles. The molecule has 0 aromatic heterocycles. The molecule has 0 aliphatic heterocycles. The van der Waals surface area contributed by atoms with E-state index in [4.69, 9.17) is 0 Å². The Hall–Kier alpha value is -7.22. The SMILES string of the molecule is c1ccc(-c2ccccc2-c2ccc(N(c3ccccc3-c3cccc4ccccc34)c3ccccc3-c3cc4ccccc4c4ccccc34)cc2)cc1. The van der Waals surface area contributed by atoms with Gasteiger partial charge in [0.2, 0.25) is 0 Å². The molecule has 0 bridgehead atoms. The lowest BCUT2D eigenvalue weighted by Gasteiger charge is -2.30. The number of hydrogen-bond acceptors (Lipinski definition) is 1. The summed E-state index contributed by atoms with van der Waals surface area (Å²) in [5.41, 5.74) is 12.9. The van der Waals surface area contributed by atoms with Crippen LogP contribution in [-0.2, 0) is 0 Å². The molecule has 0 saturated carbocycles. The van der Waals surface area contributed by atoms with Gasteiger partial charge in [-0.15, -0.1) is 0 Å². The smallest absolute Gasteiger partial charge is 0.0540 e. The van der Waals surface area contributed by atoms with E-state index in [1.165, 1.54) is 76.8 Å². The molecule has 0 unspecified atom stereocenters. The highest BCUT2D eigenvalue weighted by atomic mass is 15.1. The van der Waals surface area contributed by atoms with Gasteiger partial charge in [-0.05, 0) is 96.0 Å². The minimum Gasteiger partial charge on any atom is -0.309 e. The normalized spacial score (nSPS) is 11.3. The molecule has 0 radical (unpaired) electrons. The molecule has 1 nitrogen and oxygen atoms in total. The summed E-state index contributed by atoms with van der Waals surface area (Å²) in [6.45, 7) is 0. The van der Waals surface area contributed by atoms with Crippen molar-refractivity contribution in [2.75, 3.05) is 4.90 Å². The average Bonchev–Trinajstić information content (AvgIpc) is 3.27. The molecule has 258 valence electrons. The van der Waals surface area contributed by atoms with Crippen molar-refractivity contribution in [2.45, 2.75) is 0 Å². The number of para-hydroxylation sites is 2. The molecule has 0 saturated heterocycles. The molecule has 0 amide bonds. The Kier molecular flexibility index (Phi) is 8.24. The molecule has 0 aliphatic carbocycles. The van der Waals surface area contributed by atoms with Gasteiger partial charge in [-0.25, -0.2) is 0 Å². The summed E-state index contributed by atoms with van der Waals surface area (Å²) in [6.07, 6.45) is 0. The lowest BCUT2D eigenvalue weighted by atomic mass is 9.91. The van der Waals surface area contributed by atoms with Gasteiger partial charge in [-0.3, -0.25) is 0 Å². The van der Waals surface area contributed by atoms with Crippen LogP contribution in [0.25, 0.3) is 76.8 Å². The maximum Gasteiger partial charge on any atom is 0.0540 e. The van der Waals surface area contributed by atoms with E-state index in [9.17, 15) is 0 Å². The van der Waals surface area contributed by atoms with Gasteiger partial charge in [-0.2, -0.15) is 0 Å². The predicted molar refractivity (Wildman–Crippen MR) is 235 cm³/mol. The molecule has 10 rings (SSSR count). The molecule has 0 aliphatic rings. The number of benzene rings is 10. The van der Waals surface area contributed by atoms with Crippen molar-refractivity contribution in [3.63, 3.8) is 0 Å². The first-order valence-corrected chi connectivity index (χ1v) is 18.9. The van der Waals surface area contributed by atoms with Gasteiger partial charge in [0.15, 0.2) is 0 Å². The molecular weight excluding hydrogens is 663 g/mol. The third-order valence-corrected chi connectivity index (χ3v) is 10.9. The van der Waals surface area contributed by atoms with E-state index in [-0.39, 0.29) is 0 Å². The fourth-order valence-electron chi connectivity index (χ4n) is 8.33. The number of rotatable bonds is 7. The van der Waals surface area contributed by atoms with Crippen LogP contribution in [0.15, 0.2) is 224 Å². The van der Waals surface area contributed by atoms with Crippen LogP contribution in [0.1, 0.15) is 0 Å². The molecule has 0 spiro atoms. The first-order valence-electron chi connectivity index (χ1n) is 18.9. The third kappa shape index (κ3) is 5.84. The van der Waals surface area contributed by atoms with Gasteiger partial charge < -0.3 is 4.90 Å². The second kappa shape index (κ2) is 14.0. The Bertz CT molecular complexity index is 2970. The lowest BCUT2D eigenvalue weighted by molar-refractivity contribution is 1.29. The highest BCUT2D eigenvalue weighted by Crippen LogP contribution is 2.48. The van der Waals surface area contributed by atoms with E-state index in [2.05, 4.69) is 229 Å². The summed E-state index contributed by atoms with van der Waals surface area (Å²) in [6, 6.07) is 81.5. The van der Waals surface area contributed by atoms with Gasteiger partial charge in [0.1, 0.15) is 0 Å². The minimum absolute atomic E-state index is 1.09. The van der Waals surface area contributed by atoms with E-state index < -0.39 is 0 Å². The maximum absolute atomic E-state index is 2.46. The molecule has 0 fully saturated rings. The van der Waals surface area contributed by atoms with Crippen LogP contribution in [0.3, 0.4) is 0 Å². The molecule has 1 heteroatoms. The Morgan fingerprint density at radius 1 is 0.236 bits per heavy atom. The largest absolute Gasteiger partial charge is 0.309 e. The molecule has 0 atom stereocenters. The number of nitrogens with zero attached hydrogens (tertiary/aromatic N) is 1. The number of hydrogen-bond donors (Lipinski definition) is 0. The highest BCUT2D eigenvalue weighted by molar-refractivity contribution is 6.15. The maximum atomic E-state index is 2.46. The summed E-state index contributed by atoms with van der Waals surface area (Å²) >= 11 is 0. The fraction of sp³-hybridized carbons (Fsp3) is 0. The quantitative estimate of drug-likeness (QED) is 0.150. The first kappa shape index (κ1) is 32.4. The van der Waals surface area contributed by atoms with E-state index in [1.54, 1.807) is 0 Å². The molecule has 55 heavy (non-hydrogen) atoms. The van der Waals surface area contributed by atoms with Gasteiger partial charge in [0, 0.05) is 16.8 Å². The van der Waals surface area contributed by atoms with Crippen molar-refractivity contribution in [3.05, 3.63) is 224 Å². The van der Waals surface area contributed by atoms with Crippen molar-refractivity contribution in [2.24, 2.45) is 0 Å². The van der Waals surface area contributed by atoms with Crippen LogP contribution in [-0.4, -0.2) is 0 Å². The van der Waals surface area contributed by atoms with Crippen molar-refractivity contribution < 1.29 is 0 Å². The zero-order chi connectivity index (χ0) is 36.6. The van der Waals surface area contributed by atoms with Crippen molar-refractivity contribution in [3.8, 4) is 44.5 Å². The van der Waals surface area contributed by atoms with Crippen molar-refractivity contribution >= 4 is 49.4 Å². The second-order valence-electron chi connectivity index (χ2n) is 14.0. The van der Waals surface area contributed by atoms with Gasteiger partial charge >= 0.3 is 0 Å². The highest BCUT2D eigenvalue weighted by Gasteiger charge is 2.22. The van der Waals surface area contributed by atoms with Crippen LogP contribution in [0.5, 0.6) is 0 Å². The van der Waals surface area contributed by atoms with Crippen LogP contribution >= 0.6 is 0 Å². The summed E-state index contributed by atoms with van der Waals surface area (Å²) in [7, 11) is 0. The molecular formula is C54H37N. The number of anilines is 3. The number of fused-ring (bicyclic) bond motifs is 4. The molecule has 0 N–H and O–H groups in total. The Morgan fingerprint density at radius 2 is 0.691 bits per heavy atom. The van der Waals surface area contributed by atoms with Crippen LogP contribution in [0.4, 0.5) is 17.1 Å². The van der Waals surface area contributed by atoms with Crippen molar-refractivity contribution in [1.82, 2.24) is 0 Å². The van der Waals surface area contributed by atoms with Crippen molar-refractivity contribution in [1.29, 1.82) is 0 Å². The molecule has 10 aromatic carbocycles. The van der Waals surface area contributed by atoms with Crippen LogP contribution < -0.4 is 4.90 Å². The third-order valence-electron chi connectivity index (χ3n) is 10.9. The van der Waals surface area contributed by atoms with E-state index in [0.29, 0.717) is 0 Å². The van der Waals surface area contributed by atoms with E-state index in [1.807, 2.05) is 0 Å². The van der Waals surface area contributed by atoms with Gasteiger partial charge in [0.05, 0.1) is 11.4 Å². The lowest BCUT2D eigenvalue weighted by Crippen LogP contribution is -2.12. The zero-order valence-electron chi connectivity index (χ0n) is 30.3. The minimum atomic E-state index is 1.09. The topological polar surface area (TPSA) is 3.24 Å². The average molecular weight is 700 g/mol. The summed E-state index contributed by atoms with van der Waals surface area (Å²) in [5, 5.41) is 7.46. The zero-order valence-corrected chi connectivity index (χ0v) is 30.3. The monoisotopic (exact) mass is 699 g/mol. The van der Waals surface area contributed by atoms with E-state index in [0.717, 1.165) is 17.1 Å². The van der Waals surface area contributed by atoms with Crippen LogP contribution in [0.2, 0.25) is 0 Å². The van der Waals surface area contributed by atoms with Gasteiger partial charge in [0.25, 0.3) is 0 Å². The summed E-state index contributed by atoms with van der Waals surface area (Å²) in [5.74, 6) is 0. The Labute approximate surface area is 322 Å². The second-order valence-corrected chi connectivity index (χ2v) is 14.0.